The standard InChI is InChI=1S/C32H34N10O3/c1-44-31-36-17-24(18-37-31)22-7-12-28(34-15-22)42(32(43)38-14-21-5-3-2-4-6-21)27-10-8-25(9-11-27)40-30-35-16-23(13-33)29(41-30)39-26-19-45-20-26/h2-7,12,15-18,25-27H,8-11,14,19-20H2,1H3,(H,38,43)(H2,35,39,40,41). The van der Waals surface area contributed by atoms with E-state index in [9.17, 15) is 10.1 Å². The van der Waals surface area contributed by atoms with Gasteiger partial charge in [0.1, 0.15) is 23.3 Å². The van der Waals surface area contributed by atoms with Gasteiger partial charge in [-0.1, -0.05) is 30.3 Å². The number of urea groups is 1. The highest BCUT2D eigenvalue weighted by Crippen LogP contribution is 2.30. The van der Waals surface area contributed by atoms with Crippen molar-refractivity contribution in [3.05, 3.63) is 78.4 Å². The van der Waals surface area contributed by atoms with Crippen molar-refractivity contribution in [3.63, 3.8) is 0 Å². The van der Waals surface area contributed by atoms with Crippen LogP contribution in [0.3, 0.4) is 0 Å². The second kappa shape index (κ2) is 14.0. The van der Waals surface area contributed by atoms with E-state index in [-0.39, 0.29) is 24.2 Å². The maximum absolute atomic E-state index is 13.7. The summed E-state index contributed by atoms with van der Waals surface area (Å²) in [6.07, 6.45) is 9.75. The minimum Gasteiger partial charge on any atom is -0.467 e. The van der Waals surface area contributed by atoms with E-state index in [1.165, 1.54) is 13.3 Å². The molecule has 0 bridgehead atoms. The third kappa shape index (κ3) is 7.25. The second-order valence-corrected chi connectivity index (χ2v) is 11.0. The molecule has 0 atom stereocenters. The number of carbonyl (C=O) groups is 1. The molecular formula is C32H34N10O3. The van der Waals surface area contributed by atoms with Crippen molar-refractivity contribution >= 4 is 23.6 Å². The van der Waals surface area contributed by atoms with Gasteiger partial charge in [0.2, 0.25) is 5.95 Å². The normalized spacial score (nSPS) is 17.8. The molecular weight excluding hydrogens is 572 g/mol. The number of rotatable bonds is 10. The van der Waals surface area contributed by atoms with Gasteiger partial charge in [0.15, 0.2) is 0 Å². The summed E-state index contributed by atoms with van der Waals surface area (Å²) in [5.41, 5.74) is 3.04. The number of hydrogen-bond donors (Lipinski definition) is 3. The van der Waals surface area contributed by atoms with Crippen molar-refractivity contribution < 1.29 is 14.3 Å². The Labute approximate surface area is 261 Å². The summed E-state index contributed by atoms with van der Waals surface area (Å²) in [6.45, 7) is 1.59. The van der Waals surface area contributed by atoms with Gasteiger partial charge in [-0.3, -0.25) is 4.90 Å². The Balaban J connectivity index is 1.15. The summed E-state index contributed by atoms with van der Waals surface area (Å²) < 4.78 is 10.3. The highest BCUT2D eigenvalue weighted by Gasteiger charge is 2.31. The van der Waals surface area contributed by atoms with Crippen LogP contribution in [0.2, 0.25) is 0 Å². The van der Waals surface area contributed by atoms with Crippen molar-refractivity contribution in [1.82, 2.24) is 30.2 Å². The van der Waals surface area contributed by atoms with Gasteiger partial charge in [-0.15, -0.1) is 0 Å². The number of pyridine rings is 1. The largest absolute Gasteiger partial charge is 0.467 e. The number of ether oxygens (including phenoxy) is 2. The zero-order valence-corrected chi connectivity index (χ0v) is 24.9. The van der Waals surface area contributed by atoms with Gasteiger partial charge in [0.25, 0.3) is 0 Å². The van der Waals surface area contributed by atoms with Crippen molar-refractivity contribution in [1.29, 1.82) is 5.26 Å². The molecule has 13 nitrogen and oxygen atoms in total. The van der Waals surface area contributed by atoms with Crippen LogP contribution in [0.25, 0.3) is 11.1 Å². The summed E-state index contributed by atoms with van der Waals surface area (Å²) in [7, 11) is 1.52. The van der Waals surface area contributed by atoms with Gasteiger partial charge in [0.05, 0.1) is 32.6 Å². The molecule has 4 aromatic rings. The van der Waals surface area contributed by atoms with Gasteiger partial charge in [0, 0.05) is 48.3 Å². The number of nitrogens with one attached hydrogen (secondary N) is 3. The summed E-state index contributed by atoms with van der Waals surface area (Å²) in [5, 5.41) is 19.3. The fourth-order valence-electron chi connectivity index (χ4n) is 5.40. The average molecular weight is 607 g/mol. The monoisotopic (exact) mass is 606 g/mol. The van der Waals surface area contributed by atoms with Gasteiger partial charge in [-0.25, -0.2) is 24.7 Å². The zero-order chi connectivity index (χ0) is 31.0. The SMILES string of the molecule is COc1ncc(-c2ccc(N(C(=O)NCc3ccccc3)C3CCC(Nc4ncc(C#N)c(NC5COC5)n4)CC3)nc2)cn1. The molecule has 3 N–H and O–H groups in total. The van der Waals surface area contributed by atoms with Crippen molar-refractivity contribution in [3.8, 4) is 23.2 Å². The van der Waals surface area contributed by atoms with E-state index >= 15 is 0 Å². The minimum atomic E-state index is -0.200. The van der Waals surface area contributed by atoms with Crippen molar-refractivity contribution in [2.45, 2.75) is 50.4 Å². The number of carbonyl (C=O) groups excluding carboxylic acids is 1. The number of amides is 2. The van der Waals surface area contributed by atoms with Crippen LogP contribution in [-0.4, -0.2) is 69.4 Å². The smallest absolute Gasteiger partial charge is 0.323 e. The van der Waals surface area contributed by atoms with Gasteiger partial charge in [-0.05, 0) is 43.4 Å². The molecule has 0 radical (unpaired) electrons. The molecule has 1 saturated carbocycles. The molecule has 2 amide bonds. The van der Waals surface area contributed by atoms with Crippen LogP contribution in [0, 0.1) is 11.3 Å². The Kier molecular flexibility index (Phi) is 9.22. The molecule has 13 heteroatoms. The van der Waals surface area contributed by atoms with Crippen LogP contribution < -0.4 is 25.6 Å². The highest BCUT2D eigenvalue weighted by atomic mass is 16.5. The average Bonchev–Trinajstić information content (AvgIpc) is 3.07. The van der Waals surface area contributed by atoms with E-state index in [1.54, 1.807) is 23.5 Å². The maximum Gasteiger partial charge on any atom is 0.323 e. The number of nitrogens with zero attached hydrogens (tertiary/aromatic N) is 7. The molecule has 45 heavy (non-hydrogen) atoms. The number of nitriles is 1. The lowest BCUT2D eigenvalue weighted by Gasteiger charge is -2.36. The highest BCUT2D eigenvalue weighted by molar-refractivity contribution is 5.91. The second-order valence-electron chi connectivity index (χ2n) is 11.0. The molecule has 3 aromatic heterocycles. The number of methoxy groups -OCH3 is 1. The Morgan fingerprint density at radius 2 is 1.69 bits per heavy atom. The maximum atomic E-state index is 13.7. The van der Waals surface area contributed by atoms with Crippen LogP contribution in [0.5, 0.6) is 6.01 Å². The Hall–Kier alpha value is -5.35. The van der Waals surface area contributed by atoms with Crippen LogP contribution in [-0.2, 0) is 11.3 Å². The lowest BCUT2D eigenvalue weighted by molar-refractivity contribution is 0.0209. The predicted octanol–water partition coefficient (Wildman–Crippen LogP) is 4.16. The fourth-order valence-corrected chi connectivity index (χ4v) is 5.40. The summed E-state index contributed by atoms with van der Waals surface area (Å²) >= 11 is 0. The van der Waals surface area contributed by atoms with Crippen LogP contribution in [0.1, 0.15) is 36.8 Å². The van der Waals surface area contributed by atoms with E-state index in [0.717, 1.165) is 42.4 Å². The van der Waals surface area contributed by atoms with E-state index in [4.69, 9.17) is 14.5 Å². The van der Waals surface area contributed by atoms with Crippen LogP contribution in [0.4, 0.5) is 22.4 Å². The first-order chi connectivity index (χ1) is 22.1. The zero-order valence-electron chi connectivity index (χ0n) is 24.9. The topological polar surface area (TPSA) is 163 Å². The molecule has 2 fully saturated rings. The molecule has 6 rings (SSSR count). The third-order valence-corrected chi connectivity index (χ3v) is 7.93. The lowest BCUT2D eigenvalue weighted by Crippen LogP contribution is -2.49. The molecule has 1 aliphatic heterocycles. The van der Waals surface area contributed by atoms with Crippen LogP contribution >= 0.6 is 0 Å². The van der Waals surface area contributed by atoms with Crippen molar-refractivity contribution in [2.24, 2.45) is 0 Å². The van der Waals surface area contributed by atoms with E-state index < -0.39 is 0 Å². The number of hydrogen-bond acceptors (Lipinski definition) is 11. The molecule has 230 valence electrons. The Bertz CT molecular complexity index is 1620. The number of anilines is 3. The summed E-state index contributed by atoms with van der Waals surface area (Å²) in [6, 6.07) is 16.0. The molecule has 0 spiro atoms. The molecule has 1 aromatic carbocycles. The number of aromatic nitrogens is 5. The number of benzene rings is 1. The first-order valence-electron chi connectivity index (χ1n) is 14.9. The van der Waals surface area contributed by atoms with Gasteiger partial charge in [-0.2, -0.15) is 10.2 Å². The Morgan fingerprint density at radius 3 is 2.33 bits per heavy atom. The summed E-state index contributed by atoms with van der Waals surface area (Å²) in [4.78, 5) is 37.5. The fraction of sp³-hybridized carbons (Fsp3) is 0.344. The predicted molar refractivity (Wildman–Crippen MR) is 168 cm³/mol. The molecule has 4 heterocycles. The Morgan fingerprint density at radius 1 is 0.933 bits per heavy atom. The molecule has 1 saturated heterocycles. The lowest BCUT2D eigenvalue weighted by atomic mass is 9.90. The molecule has 1 aliphatic carbocycles. The molecule has 0 unspecified atom stereocenters. The van der Waals surface area contributed by atoms with Gasteiger partial charge < -0.3 is 25.4 Å². The first kappa shape index (κ1) is 29.7. The minimum absolute atomic E-state index is 0.0563. The van der Waals surface area contributed by atoms with E-state index in [2.05, 4.69) is 42.0 Å². The van der Waals surface area contributed by atoms with E-state index in [0.29, 0.717) is 48.9 Å². The van der Waals surface area contributed by atoms with Crippen molar-refractivity contribution in [2.75, 3.05) is 35.9 Å². The summed E-state index contributed by atoms with van der Waals surface area (Å²) in [5.74, 6) is 1.55. The van der Waals surface area contributed by atoms with Gasteiger partial charge >= 0.3 is 12.0 Å². The first-order valence-corrected chi connectivity index (χ1v) is 14.9. The molecule has 2 aliphatic rings. The van der Waals surface area contributed by atoms with E-state index in [1.807, 2.05) is 42.5 Å². The third-order valence-electron chi connectivity index (χ3n) is 7.93. The quantitative estimate of drug-likeness (QED) is 0.238. The van der Waals surface area contributed by atoms with Crippen LogP contribution in [0.15, 0.2) is 67.3 Å².